The number of aromatic nitrogens is 2. The van der Waals surface area contributed by atoms with Crippen LogP contribution in [0.3, 0.4) is 0 Å². The standard InChI is InChI=1S/C14H18BrN3O/c1-10-13(15)11(2)18(17-10)9-14(19,8-16)12-6-4-3-5-7-12/h3-7,19H,8-9,16H2,1-2H3. The van der Waals surface area contributed by atoms with Crippen LogP contribution in [0.5, 0.6) is 0 Å². The fourth-order valence-corrected chi connectivity index (χ4v) is 2.38. The molecule has 0 saturated carbocycles. The predicted octanol–water partition coefficient (Wildman–Crippen LogP) is 2.11. The zero-order valence-electron chi connectivity index (χ0n) is 11.1. The van der Waals surface area contributed by atoms with Crippen molar-refractivity contribution in [2.75, 3.05) is 6.54 Å². The van der Waals surface area contributed by atoms with E-state index in [0.29, 0.717) is 6.54 Å². The minimum Gasteiger partial charge on any atom is -0.382 e. The molecule has 0 aliphatic heterocycles. The molecule has 5 heteroatoms. The van der Waals surface area contributed by atoms with Crippen molar-refractivity contribution < 1.29 is 5.11 Å². The first kappa shape index (κ1) is 14.2. The Morgan fingerprint density at radius 1 is 1.32 bits per heavy atom. The third-order valence-corrected chi connectivity index (χ3v) is 4.50. The molecule has 1 aromatic heterocycles. The van der Waals surface area contributed by atoms with Gasteiger partial charge in [-0.1, -0.05) is 30.3 Å². The van der Waals surface area contributed by atoms with Gasteiger partial charge < -0.3 is 10.8 Å². The van der Waals surface area contributed by atoms with E-state index in [1.165, 1.54) is 0 Å². The van der Waals surface area contributed by atoms with E-state index in [1.807, 2.05) is 44.2 Å². The number of rotatable bonds is 4. The van der Waals surface area contributed by atoms with Gasteiger partial charge in [-0.25, -0.2) is 0 Å². The molecule has 3 N–H and O–H groups in total. The van der Waals surface area contributed by atoms with Crippen molar-refractivity contribution in [1.82, 2.24) is 9.78 Å². The fraction of sp³-hybridized carbons (Fsp3) is 0.357. The normalized spacial score (nSPS) is 14.4. The van der Waals surface area contributed by atoms with E-state index in [9.17, 15) is 5.11 Å². The smallest absolute Gasteiger partial charge is 0.121 e. The van der Waals surface area contributed by atoms with E-state index in [1.54, 1.807) is 4.68 Å². The summed E-state index contributed by atoms with van der Waals surface area (Å²) in [6.07, 6.45) is 0. The molecule has 1 atom stereocenters. The molecule has 0 amide bonds. The Balaban J connectivity index is 2.36. The van der Waals surface area contributed by atoms with Gasteiger partial charge in [-0.15, -0.1) is 0 Å². The van der Waals surface area contributed by atoms with Crippen LogP contribution in [-0.4, -0.2) is 21.4 Å². The Hall–Kier alpha value is -1.17. The molecule has 0 spiro atoms. The number of halogens is 1. The van der Waals surface area contributed by atoms with Crippen molar-refractivity contribution in [1.29, 1.82) is 0 Å². The van der Waals surface area contributed by atoms with Gasteiger partial charge in [0.05, 0.1) is 16.7 Å². The average molecular weight is 324 g/mol. The van der Waals surface area contributed by atoms with Gasteiger partial charge in [0.25, 0.3) is 0 Å². The van der Waals surface area contributed by atoms with E-state index in [-0.39, 0.29) is 6.54 Å². The number of hydrogen-bond acceptors (Lipinski definition) is 3. The maximum absolute atomic E-state index is 10.8. The van der Waals surface area contributed by atoms with Gasteiger partial charge in [0.2, 0.25) is 0 Å². The second-order valence-electron chi connectivity index (χ2n) is 4.74. The second-order valence-corrected chi connectivity index (χ2v) is 5.54. The minimum absolute atomic E-state index is 0.146. The first-order valence-electron chi connectivity index (χ1n) is 6.15. The maximum atomic E-state index is 10.8. The van der Waals surface area contributed by atoms with E-state index in [0.717, 1.165) is 21.4 Å². The average Bonchev–Trinajstić information content (AvgIpc) is 2.67. The molecule has 1 unspecified atom stereocenters. The SMILES string of the molecule is Cc1nn(CC(O)(CN)c2ccccc2)c(C)c1Br. The Morgan fingerprint density at radius 2 is 1.95 bits per heavy atom. The van der Waals surface area contributed by atoms with E-state index >= 15 is 0 Å². The molecule has 0 aliphatic carbocycles. The highest BCUT2D eigenvalue weighted by Gasteiger charge is 2.29. The van der Waals surface area contributed by atoms with Crippen LogP contribution in [0.25, 0.3) is 0 Å². The summed E-state index contributed by atoms with van der Waals surface area (Å²) in [5.41, 5.74) is 7.37. The summed E-state index contributed by atoms with van der Waals surface area (Å²) < 4.78 is 2.76. The maximum Gasteiger partial charge on any atom is 0.121 e. The number of benzene rings is 1. The van der Waals surface area contributed by atoms with Gasteiger partial charge in [-0.05, 0) is 35.3 Å². The first-order chi connectivity index (χ1) is 8.98. The van der Waals surface area contributed by atoms with Gasteiger partial charge in [0, 0.05) is 12.2 Å². The molecule has 19 heavy (non-hydrogen) atoms. The lowest BCUT2D eigenvalue weighted by Crippen LogP contribution is -2.39. The number of nitrogens with two attached hydrogens (primary N) is 1. The van der Waals surface area contributed by atoms with Gasteiger partial charge in [0.1, 0.15) is 5.60 Å². The largest absolute Gasteiger partial charge is 0.382 e. The van der Waals surface area contributed by atoms with Crippen LogP contribution in [0.15, 0.2) is 34.8 Å². The van der Waals surface area contributed by atoms with Crippen molar-refractivity contribution in [3.63, 3.8) is 0 Å². The number of aryl methyl sites for hydroxylation is 1. The van der Waals surface area contributed by atoms with Crippen molar-refractivity contribution in [3.05, 3.63) is 51.8 Å². The molecule has 0 fully saturated rings. The van der Waals surface area contributed by atoms with Crippen LogP contribution in [0.2, 0.25) is 0 Å². The summed E-state index contributed by atoms with van der Waals surface area (Å²) >= 11 is 3.49. The van der Waals surface area contributed by atoms with Crippen LogP contribution in [-0.2, 0) is 12.1 Å². The summed E-state index contributed by atoms with van der Waals surface area (Å²) in [6, 6.07) is 9.47. The number of nitrogens with zero attached hydrogens (tertiary/aromatic N) is 2. The van der Waals surface area contributed by atoms with Crippen LogP contribution in [0, 0.1) is 13.8 Å². The third kappa shape index (κ3) is 2.73. The zero-order chi connectivity index (χ0) is 14.0. The Labute approximate surface area is 121 Å². The Kier molecular flexibility index (Phi) is 4.08. The lowest BCUT2D eigenvalue weighted by Gasteiger charge is -2.27. The summed E-state index contributed by atoms with van der Waals surface area (Å²) in [4.78, 5) is 0. The number of hydrogen-bond donors (Lipinski definition) is 2. The summed E-state index contributed by atoms with van der Waals surface area (Å²) in [7, 11) is 0. The first-order valence-corrected chi connectivity index (χ1v) is 6.95. The highest BCUT2D eigenvalue weighted by atomic mass is 79.9. The van der Waals surface area contributed by atoms with E-state index in [4.69, 9.17) is 5.73 Å². The van der Waals surface area contributed by atoms with Crippen LogP contribution in [0.4, 0.5) is 0 Å². The molecule has 2 aromatic rings. The lowest BCUT2D eigenvalue weighted by atomic mass is 9.94. The molecule has 1 aromatic carbocycles. The Morgan fingerprint density at radius 3 is 2.42 bits per heavy atom. The van der Waals surface area contributed by atoms with Crippen LogP contribution < -0.4 is 5.73 Å². The lowest BCUT2D eigenvalue weighted by molar-refractivity contribution is 0.0233. The molecule has 102 valence electrons. The molecular formula is C14H18BrN3O. The molecule has 0 bridgehead atoms. The molecule has 0 radical (unpaired) electrons. The van der Waals surface area contributed by atoms with Crippen molar-refractivity contribution in [2.24, 2.45) is 5.73 Å². The van der Waals surface area contributed by atoms with Crippen LogP contribution >= 0.6 is 15.9 Å². The highest BCUT2D eigenvalue weighted by Crippen LogP contribution is 2.26. The molecular weight excluding hydrogens is 306 g/mol. The van der Waals surface area contributed by atoms with E-state index in [2.05, 4.69) is 21.0 Å². The fourth-order valence-electron chi connectivity index (χ4n) is 2.10. The molecule has 0 saturated heterocycles. The molecule has 2 rings (SSSR count). The van der Waals surface area contributed by atoms with Gasteiger partial charge in [0.15, 0.2) is 0 Å². The van der Waals surface area contributed by atoms with E-state index < -0.39 is 5.60 Å². The molecule has 4 nitrogen and oxygen atoms in total. The third-order valence-electron chi connectivity index (χ3n) is 3.35. The number of aliphatic hydroxyl groups is 1. The topological polar surface area (TPSA) is 64.1 Å². The van der Waals surface area contributed by atoms with Gasteiger partial charge in [-0.3, -0.25) is 4.68 Å². The summed E-state index contributed by atoms with van der Waals surface area (Å²) in [5, 5.41) is 15.2. The predicted molar refractivity (Wildman–Crippen MR) is 78.8 cm³/mol. The van der Waals surface area contributed by atoms with Gasteiger partial charge >= 0.3 is 0 Å². The minimum atomic E-state index is -1.11. The van der Waals surface area contributed by atoms with Crippen molar-refractivity contribution in [2.45, 2.75) is 26.0 Å². The van der Waals surface area contributed by atoms with Crippen molar-refractivity contribution in [3.8, 4) is 0 Å². The molecule has 0 aliphatic rings. The van der Waals surface area contributed by atoms with Gasteiger partial charge in [-0.2, -0.15) is 5.10 Å². The van der Waals surface area contributed by atoms with Crippen LogP contribution in [0.1, 0.15) is 17.0 Å². The summed E-state index contributed by atoms with van der Waals surface area (Å²) in [6.45, 7) is 4.38. The summed E-state index contributed by atoms with van der Waals surface area (Å²) in [5.74, 6) is 0. The Bertz CT molecular complexity index is 568. The second kappa shape index (κ2) is 5.45. The molecule has 1 heterocycles. The monoisotopic (exact) mass is 323 g/mol. The highest BCUT2D eigenvalue weighted by molar-refractivity contribution is 9.10. The quantitative estimate of drug-likeness (QED) is 0.905. The zero-order valence-corrected chi connectivity index (χ0v) is 12.7. The van der Waals surface area contributed by atoms with Crippen molar-refractivity contribution >= 4 is 15.9 Å².